The Morgan fingerprint density at radius 2 is 1.94 bits per heavy atom. The average Bonchev–Trinajstić information content (AvgIpc) is 2.84. The molecule has 0 aliphatic rings. The largest absolute Gasteiger partial charge is 0.339 e. The highest BCUT2D eigenvalue weighted by Gasteiger charge is 2.14. The lowest BCUT2D eigenvalue weighted by molar-refractivity contribution is 0.361. The topological polar surface area (TPSA) is 64.9 Å². The van der Waals surface area contributed by atoms with Crippen LogP contribution >= 0.6 is 15.9 Å². The summed E-state index contributed by atoms with van der Waals surface area (Å²) in [6.45, 7) is 6.56. The Bertz CT molecular complexity index is 542. The molecular formula is C13H16BrN3O. The van der Waals surface area contributed by atoms with Crippen molar-refractivity contribution in [1.29, 1.82) is 0 Å². The van der Waals surface area contributed by atoms with E-state index in [0.717, 1.165) is 21.2 Å². The second-order valence-electron chi connectivity index (χ2n) is 4.52. The first kappa shape index (κ1) is 13.2. The van der Waals surface area contributed by atoms with Gasteiger partial charge in [0.2, 0.25) is 11.7 Å². The highest BCUT2D eigenvalue weighted by Crippen LogP contribution is 2.27. The molecule has 0 aliphatic heterocycles. The standard InChI is InChI=1S/C13H16BrN3O/c1-7-4-10(5-8(2)11(7)14)12-16-13(18-17-12)9(3)6-15/h4-5,9H,6,15H2,1-3H3. The lowest BCUT2D eigenvalue weighted by atomic mass is 10.1. The lowest BCUT2D eigenvalue weighted by Crippen LogP contribution is -2.08. The normalized spacial score (nSPS) is 12.7. The molecule has 0 amide bonds. The summed E-state index contributed by atoms with van der Waals surface area (Å²) in [4.78, 5) is 4.39. The van der Waals surface area contributed by atoms with Crippen LogP contribution in [0.15, 0.2) is 21.1 Å². The maximum atomic E-state index is 5.59. The maximum Gasteiger partial charge on any atom is 0.231 e. The van der Waals surface area contributed by atoms with Crippen LogP contribution < -0.4 is 5.73 Å². The van der Waals surface area contributed by atoms with Crippen LogP contribution in [0.2, 0.25) is 0 Å². The van der Waals surface area contributed by atoms with E-state index in [2.05, 4.69) is 26.1 Å². The van der Waals surface area contributed by atoms with Gasteiger partial charge in [0.25, 0.3) is 0 Å². The SMILES string of the molecule is Cc1cc(-c2noc(C(C)CN)n2)cc(C)c1Br. The predicted octanol–water partition coefficient (Wildman–Crippen LogP) is 3.18. The van der Waals surface area contributed by atoms with Gasteiger partial charge in [-0.15, -0.1) is 0 Å². The molecule has 1 heterocycles. The van der Waals surface area contributed by atoms with Crippen molar-refractivity contribution in [3.8, 4) is 11.4 Å². The molecule has 5 heteroatoms. The molecule has 4 nitrogen and oxygen atoms in total. The molecule has 0 aliphatic carbocycles. The Labute approximate surface area is 115 Å². The van der Waals surface area contributed by atoms with Gasteiger partial charge in [0.15, 0.2) is 0 Å². The van der Waals surface area contributed by atoms with E-state index >= 15 is 0 Å². The Balaban J connectivity index is 2.40. The molecule has 2 N–H and O–H groups in total. The Hall–Kier alpha value is -1.20. The third kappa shape index (κ3) is 2.47. The minimum absolute atomic E-state index is 0.0869. The summed E-state index contributed by atoms with van der Waals surface area (Å²) in [5, 5.41) is 4.01. The molecule has 0 saturated heterocycles. The van der Waals surface area contributed by atoms with Gasteiger partial charge in [-0.2, -0.15) is 4.98 Å². The van der Waals surface area contributed by atoms with E-state index < -0.39 is 0 Å². The molecule has 96 valence electrons. The Morgan fingerprint density at radius 3 is 2.50 bits per heavy atom. The molecule has 1 aromatic carbocycles. The third-order valence-corrected chi connectivity index (χ3v) is 4.16. The summed E-state index contributed by atoms with van der Waals surface area (Å²) >= 11 is 3.54. The number of nitrogens with two attached hydrogens (primary N) is 1. The lowest BCUT2D eigenvalue weighted by Gasteiger charge is -2.04. The van der Waals surface area contributed by atoms with Crippen LogP contribution in [-0.2, 0) is 0 Å². The van der Waals surface area contributed by atoms with Gasteiger partial charge < -0.3 is 10.3 Å². The van der Waals surface area contributed by atoms with Crippen molar-refractivity contribution in [2.24, 2.45) is 5.73 Å². The molecule has 1 atom stereocenters. The number of halogens is 1. The van der Waals surface area contributed by atoms with Crippen LogP contribution in [0.3, 0.4) is 0 Å². The van der Waals surface area contributed by atoms with Gasteiger partial charge in [-0.05, 0) is 37.1 Å². The zero-order valence-electron chi connectivity index (χ0n) is 10.7. The number of hydrogen-bond donors (Lipinski definition) is 1. The fourth-order valence-electron chi connectivity index (χ4n) is 1.73. The molecule has 1 aromatic heterocycles. The summed E-state index contributed by atoms with van der Waals surface area (Å²) in [6.07, 6.45) is 0. The van der Waals surface area contributed by atoms with Gasteiger partial charge in [-0.25, -0.2) is 0 Å². The van der Waals surface area contributed by atoms with Crippen molar-refractivity contribution >= 4 is 15.9 Å². The minimum Gasteiger partial charge on any atom is -0.339 e. The first-order valence-corrected chi connectivity index (χ1v) is 6.63. The first-order chi connectivity index (χ1) is 8.52. The van der Waals surface area contributed by atoms with Crippen molar-refractivity contribution in [2.75, 3.05) is 6.54 Å². The highest BCUT2D eigenvalue weighted by molar-refractivity contribution is 9.10. The average molecular weight is 310 g/mol. The van der Waals surface area contributed by atoms with Gasteiger partial charge in [0.05, 0.1) is 0 Å². The van der Waals surface area contributed by atoms with Crippen molar-refractivity contribution in [3.05, 3.63) is 33.6 Å². The van der Waals surface area contributed by atoms with Crippen LogP contribution in [-0.4, -0.2) is 16.7 Å². The number of aryl methyl sites for hydroxylation is 2. The van der Waals surface area contributed by atoms with Crippen LogP contribution in [0.1, 0.15) is 29.9 Å². The van der Waals surface area contributed by atoms with Gasteiger partial charge in [0.1, 0.15) is 0 Å². The van der Waals surface area contributed by atoms with Gasteiger partial charge in [-0.3, -0.25) is 0 Å². The summed E-state index contributed by atoms with van der Waals surface area (Å²) in [6, 6.07) is 4.08. The molecule has 0 saturated carbocycles. The number of aromatic nitrogens is 2. The van der Waals surface area contributed by atoms with E-state index in [1.165, 1.54) is 0 Å². The second kappa shape index (κ2) is 5.20. The summed E-state index contributed by atoms with van der Waals surface area (Å²) in [5.41, 5.74) is 8.86. The van der Waals surface area contributed by atoms with E-state index in [1.54, 1.807) is 0 Å². The maximum absolute atomic E-state index is 5.59. The zero-order chi connectivity index (χ0) is 13.3. The fraction of sp³-hybridized carbons (Fsp3) is 0.385. The van der Waals surface area contributed by atoms with Crippen molar-refractivity contribution in [1.82, 2.24) is 10.1 Å². The molecule has 1 unspecified atom stereocenters. The quantitative estimate of drug-likeness (QED) is 0.945. The molecule has 2 rings (SSSR count). The second-order valence-corrected chi connectivity index (χ2v) is 5.31. The number of nitrogens with zero attached hydrogens (tertiary/aromatic N) is 2. The van der Waals surface area contributed by atoms with Crippen molar-refractivity contribution in [2.45, 2.75) is 26.7 Å². The summed E-state index contributed by atoms with van der Waals surface area (Å²) in [7, 11) is 0. The molecule has 0 radical (unpaired) electrons. The van der Waals surface area contributed by atoms with Crippen LogP contribution in [0.5, 0.6) is 0 Å². The molecule has 2 aromatic rings. The van der Waals surface area contributed by atoms with Crippen LogP contribution in [0, 0.1) is 13.8 Å². The summed E-state index contributed by atoms with van der Waals surface area (Å²) in [5.74, 6) is 1.29. The number of rotatable bonds is 3. The van der Waals surface area contributed by atoms with E-state index in [0.29, 0.717) is 18.3 Å². The summed E-state index contributed by atoms with van der Waals surface area (Å²) < 4.78 is 6.34. The molecule has 0 spiro atoms. The van der Waals surface area contributed by atoms with Crippen molar-refractivity contribution in [3.63, 3.8) is 0 Å². The first-order valence-electron chi connectivity index (χ1n) is 5.83. The Morgan fingerprint density at radius 1 is 1.33 bits per heavy atom. The molecule has 18 heavy (non-hydrogen) atoms. The molecular weight excluding hydrogens is 294 g/mol. The van der Waals surface area contributed by atoms with Gasteiger partial charge in [0, 0.05) is 22.5 Å². The van der Waals surface area contributed by atoms with Crippen molar-refractivity contribution < 1.29 is 4.52 Å². The van der Waals surface area contributed by atoms with E-state index in [9.17, 15) is 0 Å². The Kier molecular flexibility index (Phi) is 3.82. The number of benzene rings is 1. The van der Waals surface area contributed by atoms with E-state index in [4.69, 9.17) is 10.3 Å². The van der Waals surface area contributed by atoms with E-state index in [-0.39, 0.29) is 5.92 Å². The smallest absolute Gasteiger partial charge is 0.231 e. The minimum atomic E-state index is 0.0869. The molecule has 0 bridgehead atoms. The monoisotopic (exact) mass is 309 g/mol. The number of hydrogen-bond acceptors (Lipinski definition) is 4. The van der Waals surface area contributed by atoms with Crippen LogP contribution in [0.25, 0.3) is 11.4 Å². The van der Waals surface area contributed by atoms with Gasteiger partial charge in [-0.1, -0.05) is 28.0 Å². The third-order valence-electron chi connectivity index (χ3n) is 2.91. The predicted molar refractivity (Wildman–Crippen MR) is 74.4 cm³/mol. The van der Waals surface area contributed by atoms with Gasteiger partial charge >= 0.3 is 0 Å². The highest BCUT2D eigenvalue weighted by atomic mass is 79.9. The molecule has 0 fully saturated rings. The zero-order valence-corrected chi connectivity index (χ0v) is 12.3. The van der Waals surface area contributed by atoms with E-state index in [1.807, 2.05) is 32.9 Å². The van der Waals surface area contributed by atoms with Crippen LogP contribution in [0.4, 0.5) is 0 Å². The fourth-order valence-corrected chi connectivity index (χ4v) is 1.96.